The van der Waals surface area contributed by atoms with Gasteiger partial charge in [0.05, 0.1) is 23.0 Å². The van der Waals surface area contributed by atoms with Crippen molar-refractivity contribution < 1.29 is 22.0 Å². The molecule has 1 N–H and O–H groups in total. The first-order chi connectivity index (χ1) is 12.4. The summed E-state index contributed by atoms with van der Waals surface area (Å²) in [5.74, 6) is -2.86. The smallest absolute Gasteiger partial charge is 0.253 e. The molecule has 0 aliphatic carbocycles. The fourth-order valence-corrected chi connectivity index (χ4v) is 2.79. The average Bonchev–Trinajstić information content (AvgIpc) is 3.06. The van der Waals surface area contributed by atoms with Crippen LogP contribution >= 0.6 is 11.3 Å². The molecule has 0 saturated carbocycles. The van der Waals surface area contributed by atoms with Crippen LogP contribution in [-0.2, 0) is 6.18 Å². The van der Waals surface area contributed by atoms with E-state index in [1.165, 1.54) is 11.3 Å². The van der Waals surface area contributed by atoms with Crippen molar-refractivity contribution in [2.75, 3.05) is 5.43 Å². The summed E-state index contributed by atoms with van der Waals surface area (Å²) < 4.78 is 65.6. The molecule has 0 bridgehead atoms. The van der Waals surface area contributed by atoms with Gasteiger partial charge in [0.15, 0.2) is 0 Å². The fraction of sp³-hybridized carbons (Fsp3) is 0.0588. The molecule has 0 aliphatic rings. The summed E-state index contributed by atoms with van der Waals surface area (Å²) in [7, 11) is 0. The molecule has 0 amide bonds. The Morgan fingerprint density at radius 1 is 1.04 bits per heavy atom. The molecule has 9 heteroatoms. The topological polar surface area (TPSA) is 37.3 Å². The number of nitrogens with zero attached hydrogens (tertiary/aromatic N) is 2. The standard InChI is InChI=1S/C17H10F5N3S/c18-13-7-6-12(17(20,21)22)15(19)11(13)8-23-25-16-24-14(9-26-16)10-4-2-1-3-5-10/h1-9H,(H,24,25). The Labute approximate surface area is 148 Å². The van der Waals surface area contributed by atoms with E-state index >= 15 is 0 Å². The molecule has 3 aromatic rings. The van der Waals surface area contributed by atoms with Crippen LogP contribution in [0.3, 0.4) is 0 Å². The lowest BCUT2D eigenvalue weighted by Gasteiger charge is -2.09. The second-order valence-electron chi connectivity index (χ2n) is 5.09. The normalized spacial score (nSPS) is 11.9. The number of alkyl halides is 3. The zero-order chi connectivity index (χ0) is 18.7. The molecule has 0 radical (unpaired) electrons. The van der Waals surface area contributed by atoms with E-state index < -0.39 is 28.9 Å². The van der Waals surface area contributed by atoms with Gasteiger partial charge in [-0.05, 0) is 12.1 Å². The van der Waals surface area contributed by atoms with E-state index in [4.69, 9.17) is 0 Å². The molecular weight excluding hydrogens is 373 g/mol. The highest BCUT2D eigenvalue weighted by Gasteiger charge is 2.35. The van der Waals surface area contributed by atoms with Gasteiger partial charge in [-0.2, -0.15) is 18.3 Å². The minimum Gasteiger partial charge on any atom is -0.253 e. The fourth-order valence-electron chi connectivity index (χ4n) is 2.13. The molecule has 26 heavy (non-hydrogen) atoms. The number of rotatable bonds is 4. The van der Waals surface area contributed by atoms with E-state index in [0.29, 0.717) is 29.2 Å². The van der Waals surface area contributed by atoms with E-state index in [0.717, 1.165) is 5.56 Å². The third-order valence-electron chi connectivity index (χ3n) is 3.36. The molecule has 0 saturated heterocycles. The molecule has 1 aromatic heterocycles. The maximum atomic E-state index is 13.9. The predicted molar refractivity (Wildman–Crippen MR) is 90.1 cm³/mol. The second-order valence-corrected chi connectivity index (χ2v) is 5.95. The van der Waals surface area contributed by atoms with Crippen molar-refractivity contribution in [3.8, 4) is 11.3 Å². The summed E-state index contributed by atoms with van der Waals surface area (Å²) >= 11 is 1.19. The van der Waals surface area contributed by atoms with Crippen LogP contribution in [0.15, 0.2) is 52.9 Å². The zero-order valence-corrected chi connectivity index (χ0v) is 13.7. The molecule has 0 unspecified atom stereocenters. The number of hydrazone groups is 1. The summed E-state index contributed by atoms with van der Waals surface area (Å²) in [6.45, 7) is 0. The van der Waals surface area contributed by atoms with E-state index in [9.17, 15) is 22.0 Å². The third-order valence-corrected chi connectivity index (χ3v) is 4.11. The lowest BCUT2D eigenvalue weighted by Crippen LogP contribution is -2.11. The highest BCUT2D eigenvalue weighted by molar-refractivity contribution is 7.14. The van der Waals surface area contributed by atoms with Gasteiger partial charge >= 0.3 is 6.18 Å². The molecule has 0 spiro atoms. The number of hydrogen-bond donors (Lipinski definition) is 1. The SMILES string of the molecule is Fc1ccc(C(F)(F)F)c(F)c1C=NNc1nc(-c2ccccc2)cs1. The number of nitrogens with one attached hydrogen (secondary N) is 1. The summed E-state index contributed by atoms with van der Waals surface area (Å²) in [5.41, 5.74) is 1.56. The van der Waals surface area contributed by atoms with Crippen LogP contribution in [-0.4, -0.2) is 11.2 Å². The van der Waals surface area contributed by atoms with Crippen LogP contribution in [0.25, 0.3) is 11.3 Å². The predicted octanol–water partition coefficient (Wildman–Crippen LogP) is 5.55. The Balaban J connectivity index is 1.79. The minimum atomic E-state index is -4.92. The van der Waals surface area contributed by atoms with Gasteiger partial charge < -0.3 is 0 Å². The lowest BCUT2D eigenvalue weighted by atomic mass is 10.1. The third kappa shape index (κ3) is 3.88. The van der Waals surface area contributed by atoms with Gasteiger partial charge in [-0.25, -0.2) is 13.8 Å². The number of hydrogen-bond acceptors (Lipinski definition) is 4. The molecule has 0 fully saturated rings. The highest BCUT2D eigenvalue weighted by atomic mass is 32.1. The lowest BCUT2D eigenvalue weighted by molar-refractivity contribution is -0.140. The maximum absolute atomic E-state index is 13.9. The Bertz CT molecular complexity index is 935. The molecule has 0 aliphatic heterocycles. The second kappa shape index (κ2) is 7.20. The van der Waals surface area contributed by atoms with Crippen molar-refractivity contribution in [2.45, 2.75) is 6.18 Å². The molecule has 0 atom stereocenters. The van der Waals surface area contributed by atoms with Crippen molar-refractivity contribution >= 4 is 22.7 Å². The van der Waals surface area contributed by atoms with Crippen LogP contribution in [0.4, 0.5) is 27.1 Å². The van der Waals surface area contributed by atoms with Crippen molar-refractivity contribution in [1.29, 1.82) is 0 Å². The van der Waals surface area contributed by atoms with Crippen molar-refractivity contribution in [3.63, 3.8) is 0 Å². The van der Waals surface area contributed by atoms with Gasteiger partial charge in [-0.1, -0.05) is 30.3 Å². The molecule has 1 heterocycles. The monoisotopic (exact) mass is 383 g/mol. The van der Waals surface area contributed by atoms with Gasteiger partial charge in [0.1, 0.15) is 11.6 Å². The van der Waals surface area contributed by atoms with Crippen molar-refractivity contribution in [1.82, 2.24) is 4.98 Å². The largest absolute Gasteiger partial charge is 0.419 e. The number of halogens is 5. The number of anilines is 1. The highest BCUT2D eigenvalue weighted by Crippen LogP contribution is 2.33. The van der Waals surface area contributed by atoms with Crippen LogP contribution < -0.4 is 5.43 Å². The molecule has 3 nitrogen and oxygen atoms in total. The molecule has 134 valence electrons. The first kappa shape index (κ1) is 18.0. The Morgan fingerprint density at radius 3 is 2.46 bits per heavy atom. The Morgan fingerprint density at radius 2 is 1.77 bits per heavy atom. The molecule has 3 rings (SSSR count). The maximum Gasteiger partial charge on any atom is 0.419 e. The van der Waals surface area contributed by atoms with Crippen LogP contribution in [0, 0.1) is 11.6 Å². The van der Waals surface area contributed by atoms with E-state index in [2.05, 4.69) is 15.5 Å². The zero-order valence-electron chi connectivity index (χ0n) is 12.9. The Kier molecular flexibility index (Phi) is 4.99. The van der Waals surface area contributed by atoms with Gasteiger partial charge in [-0.3, -0.25) is 5.43 Å². The number of benzene rings is 2. The van der Waals surface area contributed by atoms with Gasteiger partial charge in [0.2, 0.25) is 5.13 Å². The first-order valence-corrected chi connectivity index (χ1v) is 8.09. The van der Waals surface area contributed by atoms with E-state index in [1.807, 2.05) is 30.3 Å². The number of thiazole rings is 1. The summed E-state index contributed by atoms with van der Waals surface area (Å²) in [5, 5.41) is 5.66. The van der Waals surface area contributed by atoms with Gasteiger partial charge in [0, 0.05) is 10.9 Å². The van der Waals surface area contributed by atoms with E-state index in [-0.39, 0.29) is 0 Å². The van der Waals surface area contributed by atoms with Crippen molar-refractivity contribution in [2.24, 2.45) is 5.10 Å². The summed E-state index contributed by atoms with van der Waals surface area (Å²) in [6.07, 6.45) is -4.27. The van der Waals surface area contributed by atoms with Gasteiger partial charge in [-0.15, -0.1) is 11.3 Å². The summed E-state index contributed by atoms with van der Waals surface area (Å²) in [6, 6.07) is 10.2. The van der Waals surface area contributed by atoms with Crippen molar-refractivity contribution in [3.05, 3.63) is 70.6 Å². The Hall–Kier alpha value is -2.81. The van der Waals surface area contributed by atoms with E-state index in [1.54, 1.807) is 5.38 Å². The average molecular weight is 383 g/mol. The van der Waals surface area contributed by atoms with Gasteiger partial charge in [0.25, 0.3) is 0 Å². The van der Waals surface area contributed by atoms with Crippen LogP contribution in [0.1, 0.15) is 11.1 Å². The minimum absolute atomic E-state index is 0.327. The number of aromatic nitrogens is 1. The van der Waals surface area contributed by atoms with Crippen LogP contribution in [0.5, 0.6) is 0 Å². The quantitative estimate of drug-likeness (QED) is 0.364. The first-order valence-electron chi connectivity index (χ1n) is 7.21. The molecule has 2 aromatic carbocycles. The summed E-state index contributed by atoms with van der Waals surface area (Å²) in [4.78, 5) is 4.24. The molecular formula is C17H10F5N3S. The van der Waals surface area contributed by atoms with Crippen LogP contribution in [0.2, 0.25) is 0 Å².